The number of fused-ring (bicyclic) bond motifs is 5. The van der Waals surface area contributed by atoms with Gasteiger partial charge in [0, 0.05) is 18.0 Å². The summed E-state index contributed by atoms with van der Waals surface area (Å²) < 4.78 is 6.10. The van der Waals surface area contributed by atoms with Gasteiger partial charge in [0.2, 0.25) is 0 Å². The minimum atomic E-state index is -0.924. The van der Waals surface area contributed by atoms with E-state index in [1.165, 1.54) is 23.1 Å². The molecular weight excluding hydrogens is 406 g/mol. The van der Waals surface area contributed by atoms with Gasteiger partial charge in [0.15, 0.2) is 0 Å². The van der Waals surface area contributed by atoms with Gasteiger partial charge in [0.1, 0.15) is 18.0 Å². The molecule has 0 amide bonds. The zero-order chi connectivity index (χ0) is 23.1. The van der Waals surface area contributed by atoms with Crippen LogP contribution in [0.4, 0.5) is 0 Å². The van der Waals surface area contributed by atoms with Crippen molar-refractivity contribution in [3.63, 3.8) is 0 Å². The van der Waals surface area contributed by atoms with Gasteiger partial charge < -0.3 is 15.2 Å². The Labute approximate surface area is 198 Å². The summed E-state index contributed by atoms with van der Waals surface area (Å²) in [6.45, 7) is 5.91. The van der Waals surface area contributed by atoms with E-state index in [0.29, 0.717) is 30.4 Å². The molecule has 0 saturated heterocycles. The highest BCUT2D eigenvalue weighted by Gasteiger charge is 2.61. The summed E-state index contributed by atoms with van der Waals surface area (Å²) in [6.07, 6.45) is 12.0. The quantitative estimate of drug-likeness (QED) is 0.449. The number of nitrogens with one attached hydrogen (secondary N) is 1. The summed E-state index contributed by atoms with van der Waals surface area (Å²) in [4.78, 5) is 0. The van der Waals surface area contributed by atoms with Crippen molar-refractivity contribution in [2.45, 2.75) is 69.9 Å². The van der Waals surface area contributed by atoms with Crippen LogP contribution in [-0.2, 0) is 6.42 Å². The van der Waals surface area contributed by atoms with Crippen molar-refractivity contribution in [2.24, 2.45) is 17.3 Å². The van der Waals surface area contributed by atoms with Crippen molar-refractivity contribution in [3.8, 4) is 18.1 Å². The SMILES string of the molecule is C#C[C@]1(O)CC[C@H]2[C@@H]3CCc4cc(OCCNC(C)c5ccccc5)ccc4[C@H]3CC[C@@]21C. The standard InChI is InChI=1S/C30H37NO2/c1-4-30(32)17-15-28-27-12-10-23-20-24(11-13-25(23)26(27)14-16-29(28,30)3)33-19-18-31-21(2)22-8-6-5-7-9-22/h1,5-9,11,13,20-21,26-28,31-32H,10,12,14-19H2,2-3H3/t21?,26-,27-,28+,29+,30+/m1/s1. The van der Waals surface area contributed by atoms with Crippen LogP contribution in [0.15, 0.2) is 48.5 Å². The highest BCUT2D eigenvalue weighted by molar-refractivity contribution is 5.41. The summed E-state index contributed by atoms with van der Waals surface area (Å²) in [5, 5.41) is 14.7. The Morgan fingerprint density at radius 2 is 1.97 bits per heavy atom. The number of aryl methyl sites for hydroxylation is 1. The van der Waals surface area contributed by atoms with Gasteiger partial charge in [0.25, 0.3) is 0 Å². The largest absolute Gasteiger partial charge is 0.492 e. The molecule has 2 aromatic carbocycles. The zero-order valence-electron chi connectivity index (χ0n) is 20.0. The van der Waals surface area contributed by atoms with Crippen LogP contribution in [-0.4, -0.2) is 23.9 Å². The molecule has 5 rings (SSSR count). The molecule has 2 fully saturated rings. The Morgan fingerprint density at radius 1 is 1.15 bits per heavy atom. The Balaban J connectivity index is 1.21. The molecule has 3 nitrogen and oxygen atoms in total. The van der Waals surface area contributed by atoms with Crippen LogP contribution < -0.4 is 10.1 Å². The van der Waals surface area contributed by atoms with E-state index in [9.17, 15) is 5.11 Å². The highest BCUT2D eigenvalue weighted by Crippen LogP contribution is 2.64. The molecule has 0 aromatic heterocycles. The summed E-state index contributed by atoms with van der Waals surface area (Å²) in [5.41, 5.74) is 3.20. The van der Waals surface area contributed by atoms with E-state index in [2.05, 4.69) is 73.6 Å². The molecule has 2 saturated carbocycles. The van der Waals surface area contributed by atoms with Crippen LogP contribution >= 0.6 is 0 Å². The molecule has 1 unspecified atom stereocenters. The van der Waals surface area contributed by atoms with Gasteiger partial charge in [-0.25, -0.2) is 0 Å². The second-order valence-electron chi connectivity index (χ2n) is 10.7. The van der Waals surface area contributed by atoms with Crippen LogP contribution in [0.5, 0.6) is 5.75 Å². The van der Waals surface area contributed by atoms with Crippen molar-refractivity contribution in [1.29, 1.82) is 0 Å². The Hall–Kier alpha value is -2.28. The number of hydrogen-bond acceptors (Lipinski definition) is 3. The molecule has 3 aliphatic rings. The predicted molar refractivity (Wildman–Crippen MR) is 133 cm³/mol. The number of terminal acetylenes is 1. The average molecular weight is 444 g/mol. The molecule has 0 aliphatic heterocycles. The minimum Gasteiger partial charge on any atom is -0.492 e. The third kappa shape index (κ3) is 3.88. The zero-order valence-corrected chi connectivity index (χ0v) is 20.0. The van der Waals surface area contributed by atoms with E-state index < -0.39 is 5.60 Å². The topological polar surface area (TPSA) is 41.5 Å². The molecule has 3 heteroatoms. The lowest BCUT2D eigenvalue weighted by atomic mass is 9.53. The fourth-order valence-corrected chi connectivity index (χ4v) is 7.21. The lowest BCUT2D eigenvalue weighted by molar-refractivity contribution is -0.0646. The van der Waals surface area contributed by atoms with Crippen LogP contribution in [0.1, 0.15) is 74.6 Å². The van der Waals surface area contributed by atoms with E-state index in [-0.39, 0.29) is 5.41 Å². The third-order valence-corrected chi connectivity index (χ3v) is 9.21. The first kappa shape index (κ1) is 22.5. The second kappa shape index (κ2) is 8.82. The van der Waals surface area contributed by atoms with Gasteiger partial charge in [-0.1, -0.05) is 49.2 Å². The molecule has 0 radical (unpaired) electrons. The number of rotatable bonds is 6. The molecule has 0 spiro atoms. The predicted octanol–water partition coefficient (Wildman–Crippen LogP) is 5.64. The molecular formula is C30H37NO2. The number of aliphatic hydroxyl groups is 1. The van der Waals surface area contributed by atoms with Crippen molar-refractivity contribution in [2.75, 3.05) is 13.2 Å². The van der Waals surface area contributed by atoms with Gasteiger partial charge in [-0.3, -0.25) is 0 Å². The van der Waals surface area contributed by atoms with E-state index in [1.807, 2.05) is 0 Å². The number of ether oxygens (including phenoxy) is 1. The van der Waals surface area contributed by atoms with E-state index in [1.54, 1.807) is 0 Å². The summed E-state index contributed by atoms with van der Waals surface area (Å²) in [6, 6.07) is 17.6. The number of hydrogen-bond donors (Lipinski definition) is 2. The molecule has 2 aromatic rings. The molecule has 6 atom stereocenters. The summed E-state index contributed by atoms with van der Waals surface area (Å²) in [7, 11) is 0. The van der Waals surface area contributed by atoms with Crippen LogP contribution in [0.25, 0.3) is 0 Å². The first-order chi connectivity index (χ1) is 15.9. The van der Waals surface area contributed by atoms with Crippen molar-refractivity contribution in [1.82, 2.24) is 5.32 Å². The molecule has 2 N–H and O–H groups in total. The van der Waals surface area contributed by atoms with Gasteiger partial charge >= 0.3 is 0 Å². The maximum absolute atomic E-state index is 11.1. The third-order valence-electron chi connectivity index (χ3n) is 9.21. The Bertz CT molecular complexity index is 1030. The van der Waals surface area contributed by atoms with Crippen molar-refractivity contribution in [3.05, 3.63) is 65.2 Å². The average Bonchev–Trinajstić information content (AvgIpc) is 3.13. The van der Waals surface area contributed by atoms with E-state index in [4.69, 9.17) is 11.2 Å². The molecule has 33 heavy (non-hydrogen) atoms. The van der Waals surface area contributed by atoms with Gasteiger partial charge in [0.05, 0.1) is 0 Å². The lowest BCUT2D eigenvalue weighted by Crippen LogP contribution is -2.50. The van der Waals surface area contributed by atoms with Crippen molar-refractivity contribution >= 4 is 0 Å². The fourth-order valence-electron chi connectivity index (χ4n) is 7.21. The van der Waals surface area contributed by atoms with Crippen LogP contribution in [0.2, 0.25) is 0 Å². The van der Waals surface area contributed by atoms with E-state index >= 15 is 0 Å². The maximum atomic E-state index is 11.1. The van der Waals surface area contributed by atoms with Gasteiger partial charge in [-0.15, -0.1) is 6.42 Å². The first-order valence-electron chi connectivity index (χ1n) is 12.7. The summed E-state index contributed by atoms with van der Waals surface area (Å²) >= 11 is 0. The Kier molecular flexibility index (Phi) is 6.02. The van der Waals surface area contributed by atoms with Crippen molar-refractivity contribution < 1.29 is 9.84 Å². The van der Waals surface area contributed by atoms with Gasteiger partial charge in [-0.05, 0) is 92.0 Å². The molecule has 3 aliphatic carbocycles. The first-order valence-corrected chi connectivity index (χ1v) is 12.7. The smallest absolute Gasteiger partial charge is 0.130 e. The Morgan fingerprint density at radius 3 is 2.76 bits per heavy atom. The van der Waals surface area contributed by atoms with Crippen LogP contribution in [0, 0.1) is 29.6 Å². The van der Waals surface area contributed by atoms with Gasteiger partial charge in [-0.2, -0.15) is 0 Å². The maximum Gasteiger partial charge on any atom is 0.130 e. The monoisotopic (exact) mass is 443 g/mol. The lowest BCUT2D eigenvalue weighted by Gasteiger charge is -2.52. The normalized spacial score (nSPS) is 33.3. The molecule has 174 valence electrons. The summed E-state index contributed by atoms with van der Waals surface area (Å²) in [5.74, 6) is 5.51. The molecule has 0 bridgehead atoms. The highest BCUT2D eigenvalue weighted by atomic mass is 16.5. The second-order valence-corrected chi connectivity index (χ2v) is 10.7. The molecule has 0 heterocycles. The minimum absolute atomic E-state index is 0.132. The number of benzene rings is 2. The fraction of sp³-hybridized carbons (Fsp3) is 0.533. The van der Waals surface area contributed by atoms with E-state index in [0.717, 1.165) is 44.4 Å². The van der Waals surface area contributed by atoms with Crippen LogP contribution in [0.3, 0.4) is 0 Å².